The van der Waals surface area contributed by atoms with Crippen molar-refractivity contribution in [3.05, 3.63) is 107 Å². The van der Waals surface area contributed by atoms with E-state index in [1.54, 1.807) is 12.1 Å². The van der Waals surface area contributed by atoms with E-state index in [4.69, 9.17) is 9.47 Å². The van der Waals surface area contributed by atoms with Crippen LogP contribution in [0.5, 0.6) is 0 Å². The minimum absolute atomic E-state index is 0.267. The van der Waals surface area contributed by atoms with Crippen LogP contribution >= 0.6 is 0 Å². The highest BCUT2D eigenvalue weighted by Gasteiger charge is 2.37. The Morgan fingerprint density at radius 2 is 1.44 bits per heavy atom. The van der Waals surface area contributed by atoms with E-state index in [0.717, 1.165) is 32.5 Å². The van der Waals surface area contributed by atoms with Gasteiger partial charge in [0.1, 0.15) is 5.56 Å². The van der Waals surface area contributed by atoms with Crippen molar-refractivity contribution in [3.63, 3.8) is 0 Å². The predicted octanol–water partition coefficient (Wildman–Crippen LogP) is 6.35. The lowest BCUT2D eigenvalue weighted by Gasteiger charge is -2.33. The molecule has 0 saturated carbocycles. The Morgan fingerprint density at radius 1 is 0.805 bits per heavy atom. The van der Waals surface area contributed by atoms with E-state index >= 15 is 0 Å². The first-order chi connectivity index (χ1) is 19.7. The van der Waals surface area contributed by atoms with Crippen LogP contribution in [-0.4, -0.2) is 59.1 Å². The first-order valence-electron chi connectivity index (χ1n) is 14.6. The number of imide groups is 1. The molecule has 0 spiro atoms. The number of ether oxygens (including phenoxy) is 2. The first-order valence-corrected chi connectivity index (χ1v) is 14.6. The summed E-state index contributed by atoms with van der Waals surface area (Å²) in [5, 5.41) is 0. The molecule has 3 aromatic carbocycles. The van der Waals surface area contributed by atoms with Crippen molar-refractivity contribution in [1.29, 1.82) is 0 Å². The fourth-order valence-electron chi connectivity index (χ4n) is 4.98. The fraction of sp³-hybridized carbons (Fsp3) is 0.429. The number of fused-ring (bicyclic) bond motifs is 1. The second-order valence-corrected chi connectivity index (χ2v) is 11.6. The highest BCUT2D eigenvalue weighted by Crippen LogP contribution is 2.26. The normalized spacial score (nSPS) is 14.7. The van der Waals surface area contributed by atoms with Gasteiger partial charge in [-0.3, -0.25) is 19.4 Å². The molecule has 1 unspecified atom stereocenters. The van der Waals surface area contributed by atoms with E-state index in [1.165, 1.54) is 16.0 Å². The molecule has 1 atom stereocenters. The molecule has 0 aromatic heterocycles. The van der Waals surface area contributed by atoms with Crippen molar-refractivity contribution in [2.45, 2.75) is 71.2 Å². The number of hydrogen-bond acceptors (Lipinski definition) is 5. The standard InChI is InChI=1S/C35H42N2O4/c1-5-35(4,20-22-37-32(38)30-18-12-13-19-31(30)33(37)39)41-24-21-34(2,3)40-25-23-36(26-28-14-8-6-9-15-28)27-29-16-10-7-11-17-29/h6-12,14-18H,5,20-27H2,1-4H3. The molecule has 0 saturated heterocycles. The number of carbonyl (C=O) groups is 2. The van der Waals surface area contributed by atoms with Crippen LogP contribution in [-0.2, 0) is 22.6 Å². The van der Waals surface area contributed by atoms with Gasteiger partial charge >= 0.3 is 0 Å². The van der Waals surface area contributed by atoms with Crippen LogP contribution in [0.15, 0.2) is 72.8 Å². The summed E-state index contributed by atoms with van der Waals surface area (Å²) in [5.41, 5.74) is 2.47. The minimum atomic E-state index is -0.455. The van der Waals surface area contributed by atoms with Gasteiger partial charge in [-0.1, -0.05) is 79.7 Å². The third-order valence-electron chi connectivity index (χ3n) is 7.90. The molecule has 0 aliphatic carbocycles. The molecule has 6 nitrogen and oxygen atoms in total. The second kappa shape index (κ2) is 13.9. The molecule has 6 heteroatoms. The number of rotatable bonds is 16. The summed E-state index contributed by atoms with van der Waals surface area (Å²) in [6.07, 6.45) is 2.07. The number of hydrogen-bond donors (Lipinski definition) is 0. The summed E-state index contributed by atoms with van der Waals surface area (Å²) in [6, 6.07) is 29.9. The van der Waals surface area contributed by atoms with Crippen LogP contribution in [0.2, 0.25) is 0 Å². The van der Waals surface area contributed by atoms with Gasteiger partial charge in [0.2, 0.25) is 0 Å². The van der Waals surface area contributed by atoms with Gasteiger partial charge in [-0.2, -0.15) is 0 Å². The summed E-state index contributed by atoms with van der Waals surface area (Å²) < 4.78 is 12.7. The van der Waals surface area contributed by atoms with Gasteiger partial charge in [0.15, 0.2) is 0 Å². The molecule has 0 radical (unpaired) electrons. The maximum absolute atomic E-state index is 12.7. The summed E-state index contributed by atoms with van der Waals surface area (Å²) in [5.74, 6) is -0.569. The van der Waals surface area contributed by atoms with Crippen molar-refractivity contribution in [2.24, 2.45) is 0 Å². The number of carbonyl (C=O) groups excluding carboxylic acids is 2. The van der Waals surface area contributed by atoms with Crippen LogP contribution in [0.4, 0.5) is 0 Å². The molecule has 2 amide bonds. The molecule has 41 heavy (non-hydrogen) atoms. The Labute approximate surface area is 245 Å². The highest BCUT2D eigenvalue weighted by molar-refractivity contribution is 6.20. The van der Waals surface area contributed by atoms with Crippen LogP contribution in [0.1, 0.15) is 78.8 Å². The van der Waals surface area contributed by atoms with E-state index in [0.29, 0.717) is 37.3 Å². The highest BCUT2D eigenvalue weighted by atomic mass is 16.5. The zero-order valence-corrected chi connectivity index (χ0v) is 24.8. The van der Waals surface area contributed by atoms with Crippen molar-refractivity contribution in [1.82, 2.24) is 9.80 Å². The topological polar surface area (TPSA) is 59.1 Å². The largest absolute Gasteiger partial charge is 0.375 e. The third-order valence-corrected chi connectivity index (χ3v) is 7.90. The smallest absolute Gasteiger partial charge is 0.270 e. The molecule has 4 rings (SSSR count). The summed E-state index contributed by atoms with van der Waals surface area (Å²) >= 11 is 0. The van der Waals surface area contributed by atoms with Crippen LogP contribution in [0.25, 0.3) is 0 Å². The van der Waals surface area contributed by atoms with Crippen molar-refractivity contribution in [2.75, 3.05) is 26.3 Å². The molecule has 216 valence electrons. The second-order valence-electron chi connectivity index (χ2n) is 11.6. The minimum Gasteiger partial charge on any atom is -0.375 e. The zero-order valence-electron chi connectivity index (χ0n) is 24.8. The zero-order chi connectivity index (χ0) is 29.3. The van der Waals surface area contributed by atoms with Gasteiger partial charge in [0, 0.05) is 26.2 Å². The quantitative estimate of drug-likeness (QED) is 0.193. The van der Waals surface area contributed by atoms with E-state index < -0.39 is 5.60 Å². The summed E-state index contributed by atoms with van der Waals surface area (Å²) in [4.78, 5) is 29.1. The summed E-state index contributed by atoms with van der Waals surface area (Å²) in [7, 11) is 0. The Bertz CT molecular complexity index is 1200. The van der Waals surface area contributed by atoms with Crippen LogP contribution in [0.3, 0.4) is 0 Å². The lowest BCUT2D eigenvalue weighted by Crippen LogP contribution is -2.39. The Balaban J connectivity index is 1.24. The Hall–Kier alpha value is -3.50. The number of amides is 2. The molecular weight excluding hydrogens is 512 g/mol. The molecule has 0 N–H and O–H groups in total. The number of nitrogens with zero attached hydrogens (tertiary/aromatic N) is 2. The van der Waals surface area contributed by atoms with Gasteiger partial charge in [-0.15, -0.1) is 0 Å². The van der Waals surface area contributed by atoms with E-state index in [-0.39, 0.29) is 17.4 Å². The molecule has 1 aliphatic rings. The maximum Gasteiger partial charge on any atom is 0.270 e. The first kappa shape index (κ1) is 30.5. The lowest BCUT2D eigenvalue weighted by molar-refractivity contribution is -0.0857. The average molecular weight is 555 g/mol. The van der Waals surface area contributed by atoms with Gasteiger partial charge in [-0.05, 0) is 63.3 Å². The Kier molecular flexibility index (Phi) is 10.3. The van der Waals surface area contributed by atoms with E-state index in [9.17, 15) is 9.59 Å². The molecular formula is C35H42N2O4. The fourth-order valence-corrected chi connectivity index (χ4v) is 4.98. The maximum atomic E-state index is 12.7. The van der Waals surface area contributed by atoms with Gasteiger partial charge in [0.25, 0.3) is 11.8 Å². The van der Waals surface area contributed by atoms with Gasteiger partial charge < -0.3 is 9.47 Å². The van der Waals surface area contributed by atoms with Crippen molar-refractivity contribution >= 4 is 11.8 Å². The molecule has 1 heterocycles. The van der Waals surface area contributed by atoms with Crippen LogP contribution < -0.4 is 0 Å². The number of benzene rings is 2. The SMILES string of the molecule is CCC(C)(CCN1C(=O)c2c#cccc2C1=O)OCCC(C)(C)OCCN(Cc1ccccc1)Cc1ccccc1. The molecule has 1 aliphatic heterocycles. The Morgan fingerprint density at radius 3 is 2.02 bits per heavy atom. The molecule has 0 fully saturated rings. The average Bonchev–Trinajstić information content (AvgIpc) is 3.21. The van der Waals surface area contributed by atoms with Crippen LogP contribution in [0, 0.1) is 12.1 Å². The summed E-state index contributed by atoms with van der Waals surface area (Å²) in [6.45, 7) is 12.3. The van der Waals surface area contributed by atoms with Crippen molar-refractivity contribution in [3.8, 4) is 0 Å². The molecule has 3 aromatic rings. The van der Waals surface area contributed by atoms with E-state index in [2.05, 4.69) is 86.3 Å². The van der Waals surface area contributed by atoms with Gasteiger partial charge in [-0.25, -0.2) is 0 Å². The molecule has 0 bridgehead atoms. The third kappa shape index (κ3) is 8.50. The van der Waals surface area contributed by atoms with E-state index in [1.807, 2.05) is 19.1 Å². The monoisotopic (exact) mass is 554 g/mol. The predicted molar refractivity (Wildman–Crippen MR) is 160 cm³/mol. The lowest BCUT2D eigenvalue weighted by atomic mass is 9.98. The van der Waals surface area contributed by atoms with Gasteiger partial charge in [0.05, 0.1) is 30.0 Å². The van der Waals surface area contributed by atoms with Crippen molar-refractivity contribution < 1.29 is 19.1 Å².